The first-order chi connectivity index (χ1) is 14.8. The Hall–Kier alpha value is -3.65. The molecule has 4 aromatic rings. The maximum absolute atomic E-state index is 12.7. The van der Waals surface area contributed by atoms with Crippen LogP contribution in [0.5, 0.6) is 5.75 Å². The van der Waals surface area contributed by atoms with E-state index in [4.69, 9.17) is 14.5 Å². The molecule has 4 rings (SSSR count). The van der Waals surface area contributed by atoms with E-state index in [9.17, 15) is 13.2 Å². The molecule has 1 N–H and O–H groups in total. The molecule has 0 unspecified atom stereocenters. The highest BCUT2D eigenvalue weighted by atomic mass is 32.2. The van der Waals surface area contributed by atoms with Gasteiger partial charge < -0.3 is 9.47 Å². The largest absolute Gasteiger partial charge is 0.496 e. The Bertz CT molecular complexity index is 1400. The number of hydrogen-bond acceptors (Lipinski definition) is 6. The lowest BCUT2D eigenvalue weighted by Gasteiger charge is -2.12. The average molecular weight is 436 g/mol. The van der Waals surface area contributed by atoms with E-state index >= 15 is 0 Å². The molecule has 0 radical (unpaired) electrons. The van der Waals surface area contributed by atoms with E-state index in [1.54, 1.807) is 0 Å². The topological polar surface area (TPSA) is 94.6 Å². The number of carbonyl (C=O) groups is 1. The Morgan fingerprint density at radius 3 is 2.55 bits per heavy atom. The second-order valence-electron chi connectivity index (χ2n) is 7.04. The van der Waals surface area contributed by atoms with Gasteiger partial charge in [0.05, 0.1) is 30.1 Å². The monoisotopic (exact) mass is 436 g/mol. The minimum absolute atomic E-state index is 0.0357. The summed E-state index contributed by atoms with van der Waals surface area (Å²) >= 11 is 0. The van der Waals surface area contributed by atoms with Gasteiger partial charge in [-0.05, 0) is 24.3 Å². The Balaban J connectivity index is 1.59. The zero-order chi connectivity index (χ0) is 22.0. The Morgan fingerprint density at radius 2 is 1.77 bits per heavy atom. The standard InChI is InChI=1S/C23H20N2O5S/c1-29-21-13-18(25-31(2,27)28)10-11-19(21)23(26)30-14-17-8-5-7-16-12-15-6-3-4-9-20(15)24-22(16)17/h3-13,25H,14H2,1-2H3. The van der Waals surface area contributed by atoms with Crippen molar-refractivity contribution in [1.82, 2.24) is 4.98 Å². The minimum Gasteiger partial charge on any atom is -0.496 e. The summed E-state index contributed by atoms with van der Waals surface area (Å²) in [6, 6.07) is 20.0. The number of pyridine rings is 1. The number of sulfonamides is 1. The van der Waals surface area contributed by atoms with Gasteiger partial charge in [0.25, 0.3) is 0 Å². The summed E-state index contributed by atoms with van der Waals surface area (Å²) in [5.41, 5.74) is 2.91. The van der Waals surface area contributed by atoms with E-state index in [1.165, 1.54) is 25.3 Å². The number of fused-ring (bicyclic) bond motifs is 2. The number of benzene rings is 3. The molecule has 0 aliphatic heterocycles. The lowest BCUT2D eigenvalue weighted by Crippen LogP contribution is -2.11. The number of carbonyl (C=O) groups excluding carboxylic acids is 1. The molecule has 0 spiro atoms. The van der Waals surface area contributed by atoms with Crippen LogP contribution in [0, 0.1) is 0 Å². The van der Waals surface area contributed by atoms with Gasteiger partial charge in [0.15, 0.2) is 0 Å². The van der Waals surface area contributed by atoms with Crippen molar-refractivity contribution in [2.75, 3.05) is 18.1 Å². The third-order valence-electron chi connectivity index (χ3n) is 4.71. The quantitative estimate of drug-likeness (QED) is 0.361. The maximum atomic E-state index is 12.7. The van der Waals surface area contributed by atoms with Gasteiger partial charge in [-0.2, -0.15) is 0 Å². The van der Waals surface area contributed by atoms with Crippen molar-refractivity contribution in [3.63, 3.8) is 0 Å². The number of ether oxygens (including phenoxy) is 2. The second-order valence-corrected chi connectivity index (χ2v) is 8.78. The molecule has 0 saturated carbocycles. The molecule has 158 valence electrons. The minimum atomic E-state index is -3.45. The highest BCUT2D eigenvalue weighted by Gasteiger charge is 2.16. The molecule has 1 heterocycles. The van der Waals surface area contributed by atoms with Crippen LogP contribution < -0.4 is 9.46 Å². The molecule has 0 bridgehead atoms. The fourth-order valence-electron chi connectivity index (χ4n) is 3.34. The first kappa shape index (κ1) is 20.6. The van der Waals surface area contributed by atoms with Crippen LogP contribution in [0.2, 0.25) is 0 Å². The molecule has 31 heavy (non-hydrogen) atoms. The molecular weight excluding hydrogens is 416 g/mol. The van der Waals surface area contributed by atoms with Gasteiger partial charge in [0, 0.05) is 22.4 Å². The van der Waals surface area contributed by atoms with Crippen LogP contribution in [0.4, 0.5) is 5.69 Å². The molecule has 0 aliphatic carbocycles. The molecule has 1 aromatic heterocycles. The van der Waals surface area contributed by atoms with Gasteiger partial charge in [-0.25, -0.2) is 18.2 Å². The van der Waals surface area contributed by atoms with Crippen molar-refractivity contribution >= 4 is 43.5 Å². The Kier molecular flexibility index (Phi) is 5.48. The molecule has 0 saturated heterocycles. The SMILES string of the molecule is COc1cc(NS(C)(=O)=O)ccc1C(=O)OCc1cccc2cc3ccccc3nc12. The summed E-state index contributed by atoms with van der Waals surface area (Å²) in [5.74, 6) is -0.374. The second kappa shape index (κ2) is 8.23. The summed E-state index contributed by atoms with van der Waals surface area (Å²) in [5, 5.41) is 2.00. The summed E-state index contributed by atoms with van der Waals surface area (Å²) < 4.78 is 35.9. The average Bonchev–Trinajstić information content (AvgIpc) is 2.74. The Morgan fingerprint density at radius 1 is 1.00 bits per heavy atom. The van der Waals surface area contributed by atoms with Crippen LogP contribution in [0.15, 0.2) is 66.7 Å². The molecule has 0 atom stereocenters. The number of rotatable bonds is 6. The van der Waals surface area contributed by atoms with Crippen LogP contribution in [-0.4, -0.2) is 32.7 Å². The van der Waals surface area contributed by atoms with E-state index in [2.05, 4.69) is 10.8 Å². The normalized spacial score (nSPS) is 11.4. The fraction of sp³-hybridized carbons (Fsp3) is 0.130. The number of aromatic nitrogens is 1. The molecule has 8 heteroatoms. The summed E-state index contributed by atoms with van der Waals surface area (Å²) in [6.07, 6.45) is 1.04. The van der Waals surface area contributed by atoms with Gasteiger partial charge in [0.2, 0.25) is 10.0 Å². The molecule has 0 amide bonds. The lowest BCUT2D eigenvalue weighted by molar-refractivity contribution is 0.0470. The van der Waals surface area contributed by atoms with Crippen LogP contribution in [0.25, 0.3) is 21.8 Å². The summed E-state index contributed by atoms with van der Waals surface area (Å²) in [4.78, 5) is 17.4. The van der Waals surface area contributed by atoms with Crippen molar-refractivity contribution in [2.24, 2.45) is 0 Å². The highest BCUT2D eigenvalue weighted by molar-refractivity contribution is 7.92. The zero-order valence-corrected chi connectivity index (χ0v) is 17.8. The van der Waals surface area contributed by atoms with Crippen molar-refractivity contribution in [3.8, 4) is 5.75 Å². The first-order valence-corrected chi connectivity index (χ1v) is 11.3. The van der Waals surface area contributed by atoms with E-state index in [0.717, 1.165) is 33.6 Å². The number of hydrogen-bond donors (Lipinski definition) is 1. The number of nitrogens with one attached hydrogen (secondary N) is 1. The summed E-state index contributed by atoms with van der Waals surface area (Å²) in [7, 11) is -2.05. The van der Waals surface area contributed by atoms with Crippen molar-refractivity contribution in [2.45, 2.75) is 6.61 Å². The lowest BCUT2D eigenvalue weighted by atomic mass is 10.1. The van der Waals surface area contributed by atoms with E-state index < -0.39 is 16.0 Å². The zero-order valence-electron chi connectivity index (χ0n) is 17.0. The highest BCUT2D eigenvalue weighted by Crippen LogP contribution is 2.26. The summed E-state index contributed by atoms with van der Waals surface area (Å²) in [6.45, 7) is 0.0357. The Labute approximate surface area is 179 Å². The van der Waals surface area contributed by atoms with Gasteiger partial charge in [-0.3, -0.25) is 4.72 Å². The van der Waals surface area contributed by atoms with E-state index in [1.807, 2.05) is 42.5 Å². The third-order valence-corrected chi connectivity index (χ3v) is 5.32. The third kappa shape index (κ3) is 4.59. The number of anilines is 1. The molecule has 0 aliphatic rings. The van der Waals surface area contributed by atoms with Gasteiger partial charge in [0.1, 0.15) is 17.9 Å². The van der Waals surface area contributed by atoms with Crippen LogP contribution >= 0.6 is 0 Å². The van der Waals surface area contributed by atoms with E-state index in [0.29, 0.717) is 5.69 Å². The fourth-order valence-corrected chi connectivity index (χ4v) is 3.89. The number of nitrogens with zero attached hydrogens (tertiary/aromatic N) is 1. The predicted molar refractivity (Wildman–Crippen MR) is 120 cm³/mol. The van der Waals surface area contributed by atoms with Crippen molar-refractivity contribution < 1.29 is 22.7 Å². The number of para-hydroxylation sites is 2. The number of esters is 1. The predicted octanol–water partition coefficient (Wildman–Crippen LogP) is 4.13. The molecular formula is C23H20N2O5S. The van der Waals surface area contributed by atoms with Gasteiger partial charge in [-0.15, -0.1) is 0 Å². The van der Waals surface area contributed by atoms with Crippen LogP contribution in [0.1, 0.15) is 15.9 Å². The first-order valence-electron chi connectivity index (χ1n) is 9.44. The maximum Gasteiger partial charge on any atom is 0.342 e. The van der Waals surface area contributed by atoms with Crippen LogP contribution in [0.3, 0.4) is 0 Å². The molecule has 0 fully saturated rings. The molecule has 7 nitrogen and oxygen atoms in total. The van der Waals surface area contributed by atoms with Crippen molar-refractivity contribution in [3.05, 3.63) is 77.9 Å². The number of methoxy groups -OCH3 is 1. The van der Waals surface area contributed by atoms with Gasteiger partial charge >= 0.3 is 5.97 Å². The van der Waals surface area contributed by atoms with E-state index in [-0.39, 0.29) is 17.9 Å². The van der Waals surface area contributed by atoms with Crippen LogP contribution in [-0.2, 0) is 21.4 Å². The van der Waals surface area contributed by atoms with Gasteiger partial charge in [-0.1, -0.05) is 36.4 Å². The van der Waals surface area contributed by atoms with Crippen molar-refractivity contribution in [1.29, 1.82) is 0 Å². The smallest absolute Gasteiger partial charge is 0.342 e. The molecule has 3 aromatic carbocycles.